The summed E-state index contributed by atoms with van der Waals surface area (Å²) in [6.45, 7) is 2.50. The Kier molecular flexibility index (Phi) is 9.53. The van der Waals surface area contributed by atoms with Crippen molar-refractivity contribution in [2.75, 3.05) is 31.4 Å². The maximum absolute atomic E-state index is 13.9. The van der Waals surface area contributed by atoms with Crippen molar-refractivity contribution in [2.24, 2.45) is 0 Å². The fourth-order valence-electron chi connectivity index (χ4n) is 5.01. The highest BCUT2D eigenvalue weighted by atomic mass is 32.2. The Hall–Kier alpha value is -4.79. The maximum atomic E-state index is 13.9. The average Bonchev–Trinajstić information content (AvgIpc) is 3.39. The molecule has 1 aliphatic rings. The number of carbonyl (C=O) groups excluding carboxylic acids is 3. The van der Waals surface area contributed by atoms with Crippen molar-refractivity contribution in [3.8, 4) is 17.6 Å². The highest BCUT2D eigenvalue weighted by Crippen LogP contribution is 2.41. The first-order chi connectivity index (χ1) is 21.3. The number of fused-ring (bicyclic) bond motifs is 1. The Labute approximate surface area is 263 Å². The van der Waals surface area contributed by atoms with Crippen molar-refractivity contribution in [1.82, 2.24) is 4.90 Å². The lowest BCUT2D eigenvalue weighted by Crippen LogP contribution is -2.33. The third-order valence-corrected chi connectivity index (χ3v) is 9.57. The van der Waals surface area contributed by atoms with Crippen LogP contribution in [0.25, 0.3) is 0 Å². The number of ether oxygens (including phenoxy) is 2. The molecule has 2 N–H and O–H groups in total. The van der Waals surface area contributed by atoms with Gasteiger partial charge in [0.1, 0.15) is 33.4 Å². The number of rotatable bonds is 9. The highest BCUT2D eigenvalue weighted by molar-refractivity contribution is 8.00. The molecular formula is C33H30N4O5S2. The number of hydrogen-bond donors (Lipinski definition) is 2. The van der Waals surface area contributed by atoms with E-state index in [1.54, 1.807) is 41.3 Å². The molecule has 4 aromatic rings. The van der Waals surface area contributed by atoms with Crippen LogP contribution >= 0.6 is 23.1 Å². The molecule has 0 spiro atoms. The van der Waals surface area contributed by atoms with Crippen molar-refractivity contribution in [2.45, 2.75) is 30.0 Å². The first kappa shape index (κ1) is 30.7. The molecule has 3 amide bonds. The van der Waals surface area contributed by atoms with Crippen LogP contribution in [-0.4, -0.2) is 43.4 Å². The molecule has 0 aliphatic carbocycles. The lowest BCUT2D eigenvalue weighted by atomic mass is 10.0. The SMILES string of the molecule is COc1cccc(OC)c1C(=O)Nc1cccc(SC(C(=O)Nc2sc3c(c2C#N)CCN(C(C)=O)C3)c2ccccc2)c1. The number of nitrogens with zero attached hydrogens (tertiary/aromatic N) is 2. The highest BCUT2D eigenvalue weighted by Gasteiger charge is 2.29. The van der Waals surface area contributed by atoms with Crippen LogP contribution in [0.4, 0.5) is 10.7 Å². The summed E-state index contributed by atoms with van der Waals surface area (Å²) in [5.41, 5.74) is 2.94. The summed E-state index contributed by atoms with van der Waals surface area (Å²) < 4.78 is 10.8. The van der Waals surface area contributed by atoms with Crippen LogP contribution in [-0.2, 0) is 22.6 Å². The molecule has 0 bridgehead atoms. The molecule has 2 heterocycles. The minimum atomic E-state index is -0.657. The average molecular weight is 627 g/mol. The summed E-state index contributed by atoms with van der Waals surface area (Å²) in [5, 5.41) is 15.7. The van der Waals surface area contributed by atoms with Gasteiger partial charge in [-0.3, -0.25) is 14.4 Å². The molecule has 11 heteroatoms. The van der Waals surface area contributed by atoms with Crippen LogP contribution in [0.15, 0.2) is 77.7 Å². The number of nitriles is 1. The third-order valence-electron chi connectivity index (χ3n) is 7.19. The minimum Gasteiger partial charge on any atom is -0.496 e. The predicted octanol–water partition coefficient (Wildman–Crippen LogP) is 6.27. The second-order valence-electron chi connectivity index (χ2n) is 9.93. The van der Waals surface area contributed by atoms with E-state index in [1.807, 2.05) is 36.4 Å². The van der Waals surface area contributed by atoms with Crippen LogP contribution in [0, 0.1) is 11.3 Å². The van der Waals surface area contributed by atoms with Gasteiger partial charge in [-0.15, -0.1) is 23.1 Å². The standard InChI is InChI=1S/C33H30N4O5S2/c1-20(38)37-16-15-24-25(18-34)33(44-28(24)19-37)36-32(40)30(21-9-5-4-6-10-21)43-23-12-7-11-22(17-23)35-31(39)29-26(41-2)13-8-14-27(29)42-3/h4-14,17,30H,15-16,19H2,1-3H3,(H,35,39)(H,36,40). The molecule has 0 fully saturated rings. The third kappa shape index (κ3) is 6.56. The summed E-state index contributed by atoms with van der Waals surface area (Å²) in [6, 6.07) is 24.0. The van der Waals surface area contributed by atoms with Crippen LogP contribution in [0.1, 0.15) is 44.1 Å². The smallest absolute Gasteiger partial charge is 0.263 e. The van der Waals surface area contributed by atoms with E-state index >= 15 is 0 Å². The molecule has 1 aliphatic heterocycles. The monoisotopic (exact) mass is 626 g/mol. The zero-order valence-corrected chi connectivity index (χ0v) is 26.0. The molecule has 5 rings (SSSR count). The van der Waals surface area contributed by atoms with Gasteiger partial charge in [0.25, 0.3) is 5.91 Å². The molecule has 3 aromatic carbocycles. The van der Waals surface area contributed by atoms with Crippen LogP contribution in [0.3, 0.4) is 0 Å². The number of benzene rings is 3. The number of thioether (sulfide) groups is 1. The molecule has 9 nitrogen and oxygen atoms in total. The van der Waals surface area contributed by atoms with Gasteiger partial charge in [0.15, 0.2) is 0 Å². The summed E-state index contributed by atoms with van der Waals surface area (Å²) in [6.07, 6.45) is 0.570. The Morgan fingerprint density at radius 1 is 0.977 bits per heavy atom. The first-order valence-corrected chi connectivity index (χ1v) is 15.5. The Morgan fingerprint density at radius 2 is 1.68 bits per heavy atom. The zero-order chi connectivity index (χ0) is 31.2. The molecule has 44 heavy (non-hydrogen) atoms. The van der Waals surface area contributed by atoms with E-state index < -0.39 is 11.2 Å². The molecule has 1 unspecified atom stereocenters. The van der Waals surface area contributed by atoms with Crippen molar-refractivity contribution in [1.29, 1.82) is 5.26 Å². The minimum absolute atomic E-state index is 0.0193. The molecule has 0 saturated carbocycles. The molecular weight excluding hydrogens is 597 g/mol. The van der Waals surface area contributed by atoms with Gasteiger partial charge in [-0.2, -0.15) is 5.26 Å². The summed E-state index contributed by atoms with van der Waals surface area (Å²) in [5.74, 6) is 0.0679. The Morgan fingerprint density at radius 3 is 2.34 bits per heavy atom. The number of methoxy groups -OCH3 is 2. The predicted molar refractivity (Wildman–Crippen MR) is 171 cm³/mol. The van der Waals surface area contributed by atoms with E-state index in [1.165, 1.54) is 44.2 Å². The molecule has 1 aromatic heterocycles. The van der Waals surface area contributed by atoms with Crippen molar-refractivity contribution in [3.63, 3.8) is 0 Å². The molecule has 1 atom stereocenters. The van der Waals surface area contributed by atoms with Gasteiger partial charge >= 0.3 is 0 Å². The van der Waals surface area contributed by atoms with Gasteiger partial charge in [0, 0.05) is 28.9 Å². The molecule has 224 valence electrons. The summed E-state index contributed by atoms with van der Waals surface area (Å²) >= 11 is 2.67. The normalized spacial score (nSPS) is 12.8. The number of hydrogen-bond acceptors (Lipinski definition) is 8. The van der Waals surface area contributed by atoms with Crippen molar-refractivity contribution >= 4 is 51.5 Å². The van der Waals surface area contributed by atoms with Crippen molar-refractivity contribution < 1.29 is 23.9 Å². The fourth-order valence-corrected chi connectivity index (χ4v) is 7.31. The van der Waals surface area contributed by atoms with Gasteiger partial charge in [-0.1, -0.05) is 42.5 Å². The van der Waals surface area contributed by atoms with E-state index in [0.29, 0.717) is 47.3 Å². The van der Waals surface area contributed by atoms with Gasteiger partial charge in [0.05, 0.1) is 26.3 Å². The Balaban J connectivity index is 1.39. The molecule has 0 saturated heterocycles. The number of thiophene rings is 1. The van der Waals surface area contributed by atoms with E-state index in [2.05, 4.69) is 16.7 Å². The van der Waals surface area contributed by atoms with Gasteiger partial charge in [0.2, 0.25) is 11.8 Å². The summed E-state index contributed by atoms with van der Waals surface area (Å²) in [7, 11) is 2.98. The maximum Gasteiger partial charge on any atom is 0.263 e. The van der Waals surface area contributed by atoms with Gasteiger partial charge in [-0.05, 0) is 47.9 Å². The van der Waals surface area contributed by atoms with Crippen LogP contribution < -0.4 is 20.1 Å². The largest absolute Gasteiger partial charge is 0.496 e. The number of anilines is 2. The van der Waals surface area contributed by atoms with E-state index in [-0.39, 0.29) is 17.4 Å². The lowest BCUT2D eigenvalue weighted by Gasteiger charge is -2.25. The second-order valence-corrected chi connectivity index (χ2v) is 12.2. The number of carbonyl (C=O) groups is 3. The van der Waals surface area contributed by atoms with Gasteiger partial charge in [-0.25, -0.2) is 0 Å². The quantitative estimate of drug-likeness (QED) is 0.210. The number of amides is 3. The lowest BCUT2D eigenvalue weighted by molar-refractivity contribution is -0.129. The van der Waals surface area contributed by atoms with Crippen molar-refractivity contribution in [3.05, 3.63) is 99.9 Å². The topological polar surface area (TPSA) is 121 Å². The summed E-state index contributed by atoms with van der Waals surface area (Å²) in [4.78, 5) is 42.5. The zero-order valence-electron chi connectivity index (χ0n) is 24.4. The molecule has 0 radical (unpaired) electrons. The van der Waals surface area contributed by atoms with Crippen LogP contribution in [0.2, 0.25) is 0 Å². The Bertz CT molecular complexity index is 1730. The second kappa shape index (κ2) is 13.7. The van der Waals surface area contributed by atoms with Gasteiger partial charge < -0.3 is 25.0 Å². The van der Waals surface area contributed by atoms with E-state index in [4.69, 9.17) is 9.47 Å². The van der Waals surface area contributed by atoms with Crippen LogP contribution in [0.5, 0.6) is 11.5 Å². The van der Waals surface area contributed by atoms with E-state index in [0.717, 1.165) is 20.9 Å². The number of nitrogens with one attached hydrogen (secondary N) is 2. The fraction of sp³-hybridized carbons (Fsp3) is 0.212. The first-order valence-electron chi connectivity index (χ1n) is 13.8. The van der Waals surface area contributed by atoms with E-state index in [9.17, 15) is 19.6 Å².